The average molecular weight is 345 g/mol. The van der Waals surface area contributed by atoms with Crippen molar-refractivity contribution in [1.82, 2.24) is 14.9 Å². The third kappa shape index (κ3) is 3.38. The van der Waals surface area contributed by atoms with Crippen LogP contribution in [0.3, 0.4) is 0 Å². The third-order valence-electron chi connectivity index (χ3n) is 4.60. The molecule has 0 unspecified atom stereocenters. The van der Waals surface area contributed by atoms with E-state index < -0.39 is 0 Å². The number of rotatable bonds is 3. The summed E-state index contributed by atoms with van der Waals surface area (Å²) in [6.07, 6.45) is 0. The number of anilines is 2. The number of thiophene rings is 1. The largest absolute Gasteiger partial charge is 0.378 e. The summed E-state index contributed by atoms with van der Waals surface area (Å²) in [6, 6.07) is 6.34. The van der Waals surface area contributed by atoms with E-state index in [0.717, 1.165) is 69.9 Å². The van der Waals surface area contributed by atoms with Crippen molar-refractivity contribution in [2.75, 3.05) is 69.3 Å². The number of likely N-dealkylation sites (N-methyl/N-ethyl adjacent to an activating group) is 1. The first-order valence-corrected chi connectivity index (χ1v) is 9.37. The van der Waals surface area contributed by atoms with Gasteiger partial charge >= 0.3 is 0 Å². The Kier molecular flexibility index (Phi) is 4.64. The SMILES string of the molecule is CN1CCN(c2cc(-c3cccs3)nc(N3CCOCC3)n2)CC1. The van der Waals surface area contributed by atoms with Gasteiger partial charge in [-0.25, -0.2) is 4.98 Å². The van der Waals surface area contributed by atoms with Gasteiger partial charge in [-0.3, -0.25) is 0 Å². The molecule has 2 aliphatic heterocycles. The monoisotopic (exact) mass is 345 g/mol. The van der Waals surface area contributed by atoms with Crippen LogP contribution in [0.5, 0.6) is 0 Å². The van der Waals surface area contributed by atoms with Crippen molar-refractivity contribution in [1.29, 1.82) is 0 Å². The lowest BCUT2D eigenvalue weighted by Gasteiger charge is -2.34. The molecule has 7 heteroatoms. The van der Waals surface area contributed by atoms with Crippen LogP contribution >= 0.6 is 11.3 Å². The van der Waals surface area contributed by atoms with E-state index in [1.807, 2.05) is 0 Å². The van der Waals surface area contributed by atoms with Crippen LogP contribution in [0.2, 0.25) is 0 Å². The van der Waals surface area contributed by atoms with Gasteiger partial charge in [-0.15, -0.1) is 11.3 Å². The minimum absolute atomic E-state index is 0.746. The molecule has 0 spiro atoms. The Morgan fingerprint density at radius 3 is 2.50 bits per heavy atom. The number of nitrogens with zero attached hydrogens (tertiary/aromatic N) is 5. The first-order chi connectivity index (χ1) is 11.8. The minimum atomic E-state index is 0.746. The van der Waals surface area contributed by atoms with Gasteiger partial charge in [0.1, 0.15) is 5.82 Å². The highest BCUT2D eigenvalue weighted by molar-refractivity contribution is 7.13. The molecular formula is C17H23N5OS. The van der Waals surface area contributed by atoms with Crippen molar-refractivity contribution in [2.45, 2.75) is 0 Å². The topological polar surface area (TPSA) is 44.7 Å². The van der Waals surface area contributed by atoms with Crippen molar-refractivity contribution >= 4 is 23.1 Å². The van der Waals surface area contributed by atoms with Gasteiger partial charge in [0.25, 0.3) is 0 Å². The molecule has 2 aliphatic rings. The van der Waals surface area contributed by atoms with Crippen molar-refractivity contribution in [3.63, 3.8) is 0 Å². The third-order valence-corrected chi connectivity index (χ3v) is 5.49. The van der Waals surface area contributed by atoms with E-state index in [2.05, 4.69) is 45.3 Å². The minimum Gasteiger partial charge on any atom is -0.378 e. The van der Waals surface area contributed by atoms with Crippen LogP contribution in [0.1, 0.15) is 0 Å². The Hall–Kier alpha value is -1.70. The number of morpholine rings is 1. The van der Waals surface area contributed by atoms with Crippen LogP contribution < -0.4 is 9.80 Å². The molecule has 2 aromatic heterocycles. The molecule has 0 aromatic carbocycles. The Bertz CT molecular complexity index is 664. The lowest BCUT2D eigenvalue weighted by Crippen LogP contribution is -2.45. The predicted molar refractivity (Wildman–Crippen MR) is 98.1 cm³/mol. The van der Waals surface area contributed by atoms with Gasteiger partial charge in [0.05, 0.1) is 23.8 Å². The van der Waals surface area contributed by atoms with Crippen molar-refractivity contribution in [3.05, 3.63) is 23.6 Å². The van der Waals surface area contributed by atoms with Gasteiger partial charge < -0.3 is 19.4 Å². The molecule has 2 fully saturated rings. The zero-order chi connectivity index (χ0) is 16.4. The summed E-state index contributed by atoms with van der Waals surface area (Å²) in [4.78, 5) is 17.9. The molecule has 0 amide bonds. The second kappa shape index (κ2) is 7.04. The Balaban J connectivity index is 1.68. The maximum Gasteiger partial charge on any atom is 0.228 e. The van der Waals surface area contributed by atoms with E-state index in [1.165, 1.54) is 4.88 Å². The zero-order valence-corrected chi connectivity index (χ0v) is 14.8. The van der Waals surface area contributed by atoms with Crippen molar-refractivity contribution in [2.24, 2.45) is 0 Å². The highest BCUT2D eigenvalue weighted by Crippen LogP contribution is 2.28. The summed E-state index contributed by atoms with van der Waals surface area (Å²) in [5.41, 5.74) is 1.02. The fourth-order valence-corrected chi connectivity index (χ4v) is 3.76. The molecule has 0 radical (unpaired) electrons. The van der Waals surface area contributed by atoms with E-state index in [0.29, 0.717) is 0 Å². The molecule has 24 heavy (non-hydrogen) atoms. The molecule has 0 bridgehead atoms. The molecule has 0 atom stereocenters. The van der Waals surface area contributed by atoms with Gasteiger partial charge in [0.2, 0.25) is 5.95 Å². The van der Waals surface area contributed by atoms with Gasteiger partial charge in [0, 0.05) is 45.3 Å². The first kappa shape index (κ1) is 15.8. The van der Waals surface area contributed by atoms with E-state index in [4.69, 9.17) is 14.7 Å². The molecular weight excluding hydrogens is 322 g/mol. The summed E-state index contributed by atoms with van der Waals surface area (Å²) in [5.74, 6) is 1.88. The maximum atomic E-state index is 5.47. The number of aromatic nitrogens is 2. The summed E-state index contributed by atoms with van der Waals surface area (Å²) in [7, 11) is 2.17. The second-order valence-corrected chi connectivity index (χ2v) is 7.23. The van der Waals surface area contributed by atoms with E-state index in [9.17, 15) is 0 Å². The molecule has 6 nitrogen and oxygen atoms in total. The van der Waals surface area contributed by atoms with Crippen LogP contribution in [-0.2, 0) is 4.74 Å². The molecule has 4 heterocycles. The Morgan fingerprint density at radius 2 is 1.79 bits per heavy atom. The molecule has 4 rings (SSSR count). The zero-order valence-electron chi connectivity index (χ0n) is 14.0. The normalized spacial score (nSPS) is 19.7. The fourth-order valence-electron chi connectivity index (χ4n) is 3.07. The molecule has 2 saturated heterocycles. The molecule has 0 N–H and O–H groups in total. The van der Waals surface area contributed by atoms with Gasteiger partial charge in [0.15, 0.2) is 0 Å². The van der Waals surface area contributed by atoms with E-state index in [1.54, 1.807) is 11.3 Å². The van der Waals surface area contributed by atoms with Crippen LogP contribution in [0.25, 0.3) is 10.6 Å². The Labute approximate surface area is 146 Å². The van der Waals surface area contributed by atoms with Gasteiger partial charge in [-0.05, 0) is 18.5 Å². The van der Waals surface area contributed by atoms with Gasteiger partial charge in [-0.2, -0.15) is 4.98 Å². The number of hydrogen-bond acceptors (Lipinski definition) is 7. The number of ether oxygens (including phenoxy) is 1. The lowest BCUT2D eigenvalue weighted by atomic mass is 10.3. The summed E-state index contributed by atoms with van der Waals surface area (Å²) in [5, 5.41) is 2.10. The van der Waals surface area contributed by atoms with Crippen LogP contribution in [0, 0.1) is 0 Å². The van der Waals surface area contributed by atoms with E-state index >= 15 is 0 Å². The van der Waals surface area contributed by atoms with Crippen molar-refractivity contribution in [3.8, 4) is 10.6 Å². The standard InChI is InChI=1S/C17H23N5OS/c1-20-4-6-21(7-5-20)16-13-14(15-3-2-12-24-15)18-17(19-16)22-8-10-23-11-9-22/h2-3,12-13H,4-11H2,1H3. The van der Waals surface area contributed by atoms with Crippen LogP contribution in [0.15, 0.2) is 23.6 Å². The summed E-state index contributed by atoms with van der Waals surface area (Å²) < 4.78 is 5.47. The van der Waals surface area contributed by atoms with Crippen molar-refractivity contribution < 1.29 is 4.74 Å². The van der Waals surface area contributed by atoms with Crippen LogP contribution in [0.4, 0.5) is 11.8 Å². The second-order valence-electron chi connectivity index (χ2n) is 6.28. The Morgan fingerprint density at radius 1 is 1.00 bits per heavy atom. The fraction of sp³-hybridized carbons (Fsp3) is 0.529. The van der Waals surface area contributed by atoms with Crippen LogP contribution in [-0.4, -0.2) is 74.4 Å². The molecule has 0 aliphatic carbocycles. The summed E-state index contributed by atoms with van der Waals surface area (Å²) >= 11 is 1.73. The van der Waals surface area contributed by atoms with Gasteiger partial charge in [-0.1, -0.05) is 6.07 Å². The summed E-state index contributed by atoms with van der Waals surface area (Å²) in [6.45, 7) is 7.38. The highest BCUT2D eigenvalue weighted by Gasteiger charge is 2.21. The molecule has 0 saturated carbocycles. The quantitative estimate of drug-likeness (QED) is 0.845. The predicted octanol–water partition coefficient (Wildman–Crippen LogP) is 1.79. The number of piperazine rings is 1. The smallest absolute Gasteiger partial charge is 0.228 e. The highest BCUT2D eigenvalue weighted by atomic mass is 32.1. The lowest BCUT2D eigenvalue weighted by molar-refractivity contribution is 0.122. The first-order valence-electron chi connectivity index (χ1n) is 8.49. The number of hydrogen-bond donors (Lipinski definition) is 0. The van der Waals surface area contributed by atoms with E-state index in [-0.39, 0.29) is 0 Å². The molecule has 2 aromatic rings. The molecule has 128 valence electrons. The average Bonchev–Trinajstić information content (AvgIpc) is 3.17. The maximum absolute atomic E-state index is 5.47.